The van der Waals surface area contributed by atoms with Crippen LogP contribution in [-0.2, 0) is 0 Å². The Labute approximate surface area is 98.8 Å². The molecule has 1 N–H and O–H groups in total. The molecule has 0 fully saturated rings. The number of aryl methyl sites for hydroxylation is 1. The smallest absolute Gasteiger partial charge is 0.123 e. The Hall–Kier alpha value is -2.10. The highest BCUT2D eigenvalue weighted by Gasteiger charge is 2.09. The molecule has 0 saturated carbocycles. The van der Waals surface area contributed by atoms with Crippen LogP contribution in [0.25, 0.3) is 5.69 Å². The summed E-state index contributed by atoms with van der Waals surface area (Å²) in [5.41, 5.74) is 3.68. The molecular weight excluding hydrogens is 219 g/mol. The minimum atomic E-state index is -0.256. The van der Waals surface area contributed by atoms with Gasteiger partial charge in [0, 0.05) is 22.6 Å². The summed E-state index contributed by atoms with van der Waals surface area (Å²) in [6.07, 6.45) is 1.39. The van der Waals surface area contributed by atoms with E-state index in [0.29, 0.717) is 0 Å². The Kier molecular flexibility index (Phi) is 2.95. The maximum absolute atomic E-state index is 12.9. The number of hydrogen-bond acceptors (Lipinski definition) is 2. The molecule has 0 bridgehead atoms. The van der Waals surface area contributed by atoms with Gasteiger partial charge in [-0.05, 0) is 44.2 Å². The first-order valence-electron chi connectivity index (χ1n) is 5.26. The zero-order chi connectivity index (χ0) is 12.4. The minimum absolute atomic E-state index is 0.256. The third-order valence-electron chi connectivity index (χ3n) is 2.75. The van der Waals surface area contributed by atoms with Crippen molar-refractivity contribution >= 4 is 6.21 Å². The molecule has 0 radical (unpaired) electrons. The maximum Gasteiger partial charge on any atom is 0.123 e. The first-order valence-corrected chi connectivity index (χ1v) is 5.26. The number of nitrogens with zero attached hydrogens (tertiary/aromatic N) is 2. The molecule has 1 heterocycles. The van der Waals surface area contributed by atoms with Gasteiger partial charge in [0.05, 0.1) is 6.21 Å². The van der Waals surface area contributed by atoms with Crippen molar-refractivity contribution in [2.24, 2.45) is 5.16 Å². The van der Waals surface area contributed by atoms with Crippen molar-refractivity contribution in [2.75, 3.05) is 0 Å². The van der Waals surface area contributed by atoms with Gasteiger partial charge >= 0.3 is 0 Å². The van der Waals surface area contributed by atoms with Crippen molar-refractivity contribution in [3.8, 4) is 5.69 Å². The molecule has 2 aromatic rings. The Morgan fingerprint density at radius 2 is 1.88 bits per heavy atom. The molecule has 17 heavy (non-hydrogen) atoms. The highest BCUT2D eigenvalue weighted by molar-refractivity contribution is 5.81. The molecule has 0 unspecified atom stereocenters. The summed E-state index contributed by atoms with van der Waals surface area (Å²) >= 11 is 0. The van der Waals surface area contributed by atoms with Crippen LogP contribution < -0.4 is 0 Å². The average Bonchev–Trinajstić information content (AvgIpc) is 2.57. The van der Waals surface area contributed by atoms with Gasteiger partial charge in [-0.25, -0.2) is 4.39 Å². The van der Waals surface area contributed by atoms with E-state index in [2.05, 4.69) is 5.16 Å². The van der Waals surface area contributed by atoms with Gasteiger partial charge in [0.1, 0.15) is 5.82 Å². The predicted molar refractivity (Wildman–Crippen MR) is 64.6 cm³/mol. The molecule has 1 aromatic carbocycles. The molecule has 1 aromatic heterocycles. The number of aromatic nitrogens is 1. The quantitative estimate of drug-likeness (QED) is 0.482. The first kappa shape index (κ1) is 11.4. The SMILES string of the molecule is Cc1cc(/C=N/O)c(C)n1-c1ccc(F)cc1. The summed E-state index contributed by atoms with van der Waals surface area (Å²) < 4.78 is 14.8. The molecular formula is C13H13FN2O. The fourth-order valence-electron chi connectivity index (χ4n) is 1.97. The summed E-state index contributed by atoms with van der Waals surface area (Å²) in [6, 6.07) is 8.20. The van der Waals surface area contributed by atoms with Gasteiger partial charge in [-0.2, -0.15) is 0 Å². The summed E-state index contributed by atoms with van der Waals surface area (Å²) in [4.78, 5) is 0. The van der Waals surface area contributed by atoms with Gasteiger partial charge in [0.25, 0.3) is 0 Å². The van der Waals surface area contributed by atoms with E-state index in [1.807, 2.05) is 24.5 Å². The van der Waals surface area contributed by atoms with Crippen LogP contribution in [0.15, 0.2) is 35.5 Å². The number of oxime groups is 1. The average molecular weight is 232 g/mol. The van der Waals surface area contributed by atoms with Gasteiger partial charge in [0.2, 0.25) is 0 Å². The van der Waals surface area contributed by atoms with Crippen LogP contribution >= 0.6 is 0 Å². The van der Waals surface area contributed by atoms with Crippen LogP contribution in [0.3, 0.4) is 0 Å². The van der Waals surface area contributed by atoms with Crippen LogP contribution in [0, 0.1) is 19.7 Å². The normalized spacial score (nSPS) is 11.2. The van der Waals surface area contributed by atoms with Crippen LogP contribution in [0.5, 0.6) is 0 Å². The lowest BCUT2D eigenvalue weighted by Crippen LogP contribution is -1.99. The second-order valence-electron chi connectivity index (χ2n) is 3.88. The van der Waals surface area contributed by atoms with Crippen LogP contribution in [0.2, 0.25) is 0 Å². The van der Waals surface area contributed by atoms with Crippen molar-refractivity contribution in [3.63, 3.8) is 0 Å². The molecule has 4 heteroatoms. The molecule has 0 aliphatic heterocycles. The Balaban J connectivity index is 2.55. The molecule has 0 atom stereocenters. The number of benzene rings is 1. The van der Waals surface area contributed by atoms with E-state index < -0.39 is 0 Å². The monoisotopic (exact) mass is 232 g/mol. The molecule has 0 saturated heterocycles. The second-order valence-corrected chi connectivity index (χ2v) is 3.88. The Morgan fingerprint density at radius 3 is 2.47 bits per heavy atom. The highest BCUT2D eigenvalue weighted by atomic mass is 19.1. The summed E-state index contributed by atoms with van der Waals surface area (Å²) in [6.45, 7) is 3.87. The minimum Gasteiger partial charge on any atom is -0.411 e. The topological polar surface area (TPSA) is 37.5 Å². The van der Waals surface area contributed by atoms with Gasteiger partial charge < -0.3 is 9.77 Å². The van der Waals surface area contributed by atoms with E-state index in [-0.39, 0.29) is 5.82 Å². The third-order valence-corrected chi connectivity index (χ3v) is 2.75. The number of hydrogen-bond donors (Lipinski definition) is 1. The highest BCUT2D eigenvalue weighted by Crippen LogP contribution is 2.19. The fraction of sp³-hybridized carbons (Fsp3) is 0.154. The lowest BCUT2D eigenvalue weighted by atomic mass is 10.2. The van der Waals surface area contributed by atoms with E-state index in [1.165, 1.54) is 18.3 Å². The molecule has 0 aliphatic rings. The van der Waals surface area contributed by atoms with Gasteiger partial charge in [-0.3, -0.25) is 0 Å². The lowest BCUT2D eigenvalue weighted by Gasteiger charge is -2.09. The van der Waals surface area contributed by atoms with E-state index >= 15 is 0 Å². The maximum atomic E-state index is 12.9. The van der Waals surface area contributed by atoms with Gasteiger partial charge in [0.15, 0.2) is 0 Å². The van der Waals surface area contributed by atoms with Crippen LogP contribution in [0.4, 0.5) is 4.39 Å². The van der Waals surface area contributed by atoms with E-state index in [9.17, 15) is 4.39 Å². The largest absolute Gasteiger partial charge is 0.411 e. The zero-order valence-electron chi connectivity index (χ0n) is 9.68. The van der Waals surface area contributed by atoms with Crippen molar-refractivity contribution in [1.29, 1.82) is 0 Å². The van der Waals surface area contributed by atoms with Crippen LogP contribution in [0.1, 0.15) is 17.0 Å². The zero-order valence-corrected chi connectivity index (χ0v) is 9.68. The van der Waals surface area contributed by atoms with E-state index in [0.717, 1.165) is 22.6 Å². The summed E-state index contributed by atoms with van der Waals surface area (Å²) in [7, 11) is 0. The number of rotatable bonds is 2. The van der Waals surface area contributed by atoms with Crippen molar-refractivity contribution in [1.82, 2.24) is 4.57 Å². The predicted octanol–water partition coefficient (Wildman–Crippen LogP) is 3.04. The van der Waals surface area contributed by atoms with Gasteiger partial charge in [-0.1, -0.05) is 5.16 Å². The van der Waals surface area contributed by atoms with Crippen LogP contribution in [-0.4, -0.2) is 16.0 Å². The van der Waals surface area contributed by atoms with E-state index in [1.54, 1.807) is 12.1 Å². The fourth-order valence-corrected chi connectivity index (χ4v) is 1.97. The van der Waals surface area contributed by atoms with E-state index in [4.69, 9.17) is 5.21 Å². The third kappa shape index (κ3) is 2.06. The van der Waals surface area contributed by atoms with Crippen molar-refractivity contribution in [2.45, 2.75) is 13.8 Å². The molecule has 2 rings (SSSR count). The molecule has 88 valence electrons. The first-order chi connectivity index (χ1) is 8.13. The standard InChI is InChI=1S/C13H13FN2O/c1-9-7-11(8-15-17)10(2)16(9)13-5-3-12(14)4-6-13/h3-8,17H,1-2H3/b15-8+. The Bertz CT molecular complexity index is 556. The summed E-state index contributed by atoms with van der Waals surface area (Å²) in [5.74, 6) is -0.256. The second kappa shape index (κ2) is 4.41. The Morgan fingerprint density at radius 1 is 1.24 bits per heavy atom. The lowest BCUT2D eigenvalue weighted by molar-refractivity contribution is 0.322. The van der Waals surface area contributed by atoms with Crippen molar-refractivity contribution < 1.29 is 9.60 Å². The molecule has 0 spiro atoms. The van der Waals surface area contributed by atoms with Crippen molar-refractivity contribution in [3.05, 3.63) is 53.1 Å². The number of halogens is 1. The summed E-state index contributed by atoms with van der Waals surface area (Å²) in [5, 5.41) is 11.6. The molecule has 0 amide bonds. The molecule has 0 aliphatic carbocycles. The van der Waals surface area contributed by atoms with Gasteiger partial charge in [-0.15, -0.1) is 0 Å². The molecule has 3 nitrogen and oxygen atoms in total.